The number of aryl methyl sites for hydroxylation is 1. The summed E-state index contributed by atoms with van der Waals surface area (Å²) in [5, 5.41) is 0. The molecule has 1 fully saturated rings. The van der Waals surface area contributed by atoms with E-state index in [1.165, 1.54) is 17.6 Å². The Morgan fingerprint density at radius 3 is 2.70 bits per heavy atom. The molecule has 0 unspecified atom stereocenters. The maximum Gasteiger partial charge on any atom is 0.251 e. The fourth-order valence-corrected chi connectivity index (χ4v) is 3.75. The monoisotopic (exact) mass is 310 g/mol. The molecule has 1 heterocycles. The van der Waals surface area contributed by atoms with Gasteiger partial charge in [0.2, 0.25) is 0 Å². The third-order valence-corrected chi connectivity index (χ3v) is 5.55. The van der Waals surface area contributed by atoms with Gasteiger partial charge < -0.3 is 4.57 Å². The summed E-state index contributed by atoms with van der Waals surface area (Å²) in [5.41, 5.74) is 0.879. The predicted octanol–water partition coefficient (Wildman–Crippen LogP) is 1.48. The van der Waals surface area contributed by atoms with Gasteiger partial charge in [-0.25, -0.2) is 8.42 Å². The number of benzene rings is 1. The number of sulfone groups is 1. The Bertz CT molecular complexity index is 871. The molecule has 0 N–H and O–H groups in total. The number of rotatable bonds is 2. The van der Waals surface area contributed by atoms with Crippen molar-refractivity contribution in [3.63, 3.8) is 0 Å². The molecule has 0 bridgehead atoms. The summed E-state index contributed by atoms with van der Waals surface area (Å²) in [4.78, 5) is 16.8. The topological polar surface area (TPSA) is 68.5 Å². The molecule has 7 heteroatoms. The number of thiazole rings is 1. The molecule has 1 aromatic carbocycles. The first-order valence-corrected chi connectivity index (χ1v) is 8.95. The van der Waals surface area contributed by atoms with E-state index in [0.717, 1.165) is 23.1 Å². The van der Waals surface area contributed by atoms with Gasteiger partial charge in [-0.05, 0) is 31.0 Å². The quantitative estimate of drug-likeness (QED) is 0.843. The molecule has 0 atom stereocenters. The Morgan fingerprint density at radius 1 is 1.40 bits per heavy atom. The minimum absolute atomic E-state index is 0.0736. The van der Waals surface area contributed by atoms with E-state index in [1.807, 2.05) is 11.6 Å². The molecule has 3 rings (SSSR count). The van der Waals surface area contributed by atoms with Gasteiger partial charge in [-0.3, -0.25) is 4.79 Å². The van der Waals surface area contributed by atoms with E-state index in [2.05, 4.69) is 4.99 Å². The lowest BCUT2D eigenvalue weighted by Crippen LogP contribution is -2.13. The van der Waals surface area contributed by atoms with E-state index in [0.29, 0.717) is 4.80 Å². The number of nitrogens with zero attached hydrogens (tertiary/aromatic N) is 2. The van der Waals surface area contributed by atoms with Crippen molar-refractivity contribution >= 4 is 37.3 Å². The lowest BCUT2D eigenvalue weighted by Gasteiger charge is -1.99. The number of amides is 1. The average molecular weight is 310 g/mol. The average Bonchev–Trinajstić information content (AvgIpc) is 3.16. The smallest absolute Gasteiger partial charge is 0.251 e. The van der Waals surface area contributed by atoms with Crippen LogP contribution in [0.3, 0.4) is 0 Å². The second kappa shape index (κ2) is 4.53. The molecule has 1 saturated carbocycles. The molecule has 1 aliphatic rings. The Hall–Kier alpha value is -1.47. The van der Waals surface area contributed by atoms with Crippen LogP contribution in [0.2, 0.25) is 0 Å². The molecule has 0 spiro atoms. The summed E-state index contributed by atoms with van der Waals surface area (Å²) in [5.74, 6) is 0.0160. The van der Waals surface area contributed by atoms with Crippen LogP contribution < -0.4 is 4.80 Å². The van der Waals surface area contributed by atoms with Crippen LogP contribution in [0.25, 0.3) is 10.2 Å². The standard InChI is InChI=1S/C13H14N2O3S2/c1-15-10-6-5-9(20(2,17)18)7-11(10)19-13(15)14-12(16)8-3-4-8/h5-8H,3-4H2,1-2H3. The molecule has 1 aliphatic carbocycles. The normalized spacial score (nSPS) is 16.8. The molecule has 1 aromatic heterocycles. The molecule has 106 valence electrons. The molecule has 20 heavy (non-hydrogen) atoms. The Morgan fingerprint density at radius 2 is 2.10 bits per heavy atom. The fraction of sp³-hybridized carbons (Fsp3) is 0.385. The molecule has 0 saturated heterocycles. The summed E-state index contributed by atoms with van der Waals surface area (Å²) in [6, 6.07) is 4.97. The third-order valence-electron chi connectivity index (χ3n) is 3.34. The Labute approximate surface area is 120 Å². The molecular weight excluding hydrogens is 296 g/mol. The zero-order valence-electron chi connectivity index (χ0n) is 11.2. The van der Waals surface area contributed by atoms with Crippen molar-refractivity contribution in [3.8, 4) is 0 Å². The third kappa shape index (κ3) is 2.43. The van der Waals surface area contributed by atoms with E-state index in [1.54, 1.807) is 18.2 Å². The van der Waals surface area contributed by atoms with Crippen molar-refractivity contribution in [1.82, 2.24) is 4.57 Å². The summed E-state index contributed by atoms with van der Waals surface area (Å²) in [7, 11) is -1.39. The highest BCUT2D eigenvalue weighted by molar-refractivity contribution is 7.90. The lowest BCUT2D eigenvalue weighted by atomic mass is 10.3. The minimum Gasteiger partial charge on any atom is -0.319 e. The molecular formula is C13H14N2O3S2. The SMILES string of the molecule is Cn1c(=NC(=O)C2CC2)sc2cc(S(C)(=O)=O)ccc21. The second-order valence-corrected chi connectivity index (χ2v) is 8.09. The maximum absolute atomic E-state index is 11.8. The van der Waals surface area contributed by atoms with Crippen LogP contribution >= 0.6 is 11.3 Å². The number of carbonyl (C=O) groups is 1. The first-order chi connectivity index (χ1) is 9.36. The molecule has 5 nitrogen and oxygen atoms in total. The second-order valence-electron chi connectivity index (χ2n) is 5.07. The maximum atomic E-state index is 11.8. The van der Waals surface area contributed by atoms with Crippen molar-refractivity contribution in [2.75, 3.05) is 6.26 Å². The van der Waals surface area contributed by atoms with Crippen molar-refractivity contribution < 1.29 is 13.2 Å². The zero-order chi connectivity index (χ0) is 14.5. The first-order valence-electron chi connectivity index (χ1n) is 6.24. The highest BCUT2D eigenvalue weighted by Crippen LogP contribution is 2.30. The number of hydrogen-bond donors (Lipinski definition) is 0. The number of carbonyl (C=O) groups excluding carboxylic acids is 1. The van der Waals surface area contributed by atoms with Crippen LogP contribution in [0.4, 0.5) is 0 Å². The van der Waals surface area contributed by atoms with Crippen molar-refractivity contribution in [2.45, 2.75) is 17.7 Å². The van der Waals surface area contributed by atoms with Gasteiger partial charge >= 0.3 is 0 Å². The van der Waals surface area contributed by atoms with Gasteiger partial charge in [0.15, 0.2) is 14.6 Å². The summed E-state index contributed by atoms with van der Waals surface area (Å²) >= 11 is 1.34. The van der Waals surface area contributed by atoms with E-state index in [9.17, 15) is 13.2 Å². The van der Waals surface area contributed by atoms with Gasteiger partial charge in [-0.2, -0.15) is 4.99 Å². The lowest BCUT2D eigenvalue weighted by molar-refractivity contribution is -0.119. The van der Waals surface area contributed by atoms with Gasteiger partial charge in [0.25, 0.3) is 5.91 Å². The highest BCUT2D eigenvalue weighted by atomic mass is 32.2. The van der Waals surface area contributed by atoms with Gasteiger partial charge in [0.1, 0.15) is 0 Å². The zero-order valence-corrected chi connectivity index (χ0v) is 12.8. The molecule has 1 amide bonds. The Kier molecular flexibility index (Phi) is 3.06. The summed E-state index contributed by atoms with van der Waals surface area (Å²) in [6.07, 6.45) is 3.04. The van der Waals surface area contributed by atoms with E-state index in [4.69, 9.17) is 0 Å². The van der Waals surface area contributed by atoms with Crippen LogP contribution in [0.15, 0.2) is 28.1 Å². The largest absolute Gasteiger partial charge is 0.319 e. The van der Waals surface area contributed by atoms with E-state index in [-0.39, 0.29) is 16.7 Å². The van der Waals surface area contributed by atoms with Crippen molar-refractivity contribution in [2.24, 2.45) is 18.0 Å². The van der Waals surface area contributed by atoms with Crippen molar-refractivity contribution in [1.29, 1.82) is 0 Å². The van der Waals surface area contributed by atoms with Crippen LogP contribution in [0.5, 0.6) is 0 Å². The van der Waals surface area contributed by atoms with E-state index < -0.39 is 9.84 Å². The van der Waals surface area contributed by atoms with Crippen LogP contribution in [0.1, 0.15) is 12.8 Å². The molecule has 2 aromatic rings. The molecule has 0 aliphatic heterocycles. The Balaban J connectivity index is 2.16. The van der Waals surface area contributed by atoms with Crippen LogP contribution in [-0.4, -0.2) is 25.1 Å². The van der Waals surface area contributed by atoms with Gasteiger partial charge in [0.05, 0.1) is 15.1 Å². The van der Waals surface area contributed by atoms with Crippen LogP contribution in [0, 0.1) is 5.92 Å². The number of fused-ring (bicyclic) bond motifs is 1. The van der Waals surface area contributed by atoms with Gasteiger partial charge in [0, 0.05) is 19.2 Å². The van der Waals surface area contributed by atoms with Gasteiger partial charge in [-0.15, -0.1) is 0 Å². The fourth-order valence-electron chi connectivity index (χ4n) is 1.97. The van der Waals surface area contributed by atoms with E-state index >= 15 is 0 Å². The van der Waals surface area contributed by atoms with Crippen molar-refractivity contribution in [3.05, 3.63) is 23.0 Å². The summed E-state index contributed by atoms with van der Waals surface area (Å²) < 4.78 is 25.8. The number of hydrogen-bond acceptors (Lipinski definition) is 4. The van der Waals surface area contributed by atoms with Gasteiger partial charge in [-0.1, -0.05) is 11.3 Å². The number of aromatic nitrogens is 1. The highest BCUT2D eigenvalue weighted by Gasteiger charge is 2.29. The first kappa shape index (κ1) is 13.5. The molecule has 0 radical (unpaired) electrons. The summed E-state index contributed by atoms with van der Waals surface area (Å²) in [6.45, 7) is 0. The van der Waals surface area contributed by atoms with Crippen LogP contribution in [-0.2, 0) is 21.7 Å². The minimum atomic E-state index is -3.22. The predicted molar refractivity (Wildman–Crippen MR) is 77.2 cm³/mol.